The molecule has 1 aromatic heterocycles. The lowest BCUT2D eigenvalue weighted by atomic mass is 10.3. The first-order valence-electron chi connectivity index (χ1n) is 5.30. The summed E-state index contributed by atoms with van der Waals surface area (Å²) in [5.74, 6) is 6.93. The van der Waals surface area contributed by atoms with Gasteiger partial charge in [0.05, 0.1) is 0 Å². The molecule has 0 spiro atoms. The van der Waals surface area contributed by atoms with Crippen LogP contribution in [0.5, 0.6) is 0 Å². The van der Waals surface area contributed by atoms with Gasteiger partial charge < -0.3 is 9.84 Å². The van der Waals surface area contributed by atoms with Gasteiger partial charge in [-0.25, -0.2) is 10.8 Å². The van der Waals surface area contributed by atoms with Gasteiger partial charge in [0.2, 0.25) is 11.9 Å². The maximum Gasteiger partial charge on any atom is 0.223 e. The molecule has 0 radical (unpaired) electrons. The Morgan fingerprint density at radius 2 is 2.38 bits per heavy atom. The van der Waals surface area contributed by atoms with Crippen LogP contribution in [0.4, 0.5) is 0 Å². The monoisotopic (exact) mass is 226 g/mol. The number of guanidine groups is 1. The first-order chi connectivity index (χ1) is 7.76. The highest BCUT2D eigenvalue weighted by molar-refractivity contribution is 5.79. The maximum atomic E-state index is 5.32. The second kappa shape index (κ2) is 6.78. The number of hydrogen-bond donors (Lipinski definition) is 3. The Morgan fingerprint density at radius 1 is 1.56 bits per heavy atom. The predicted molar refractivity (Wildman–Crippen MR) is 60.4 cm³/mol. The normalized spacial score (nSPS) is 11.6. The number of aliphatic imine (C=N–C) groups is 1. The quantitative estimate of drug-likeness (QED) is 0.216. The van der Waals surface area contributed by atoms with Crippen LogP contribution in [0.15, 0.2) is 9.52 Å². The average molecular weight is 226 g/mol. The molecular weight excluding hydrogens is 208 g/mol. The number of unbranched alkanes of at least 4 members (excludes halogenated alkanes) is 1. The molecule has 7 nitrogen and oxygen atoms in total. The highest BCUT2D eigenvalue weighted by Crippen LogP contribution is 1.96. The largest absolute Gasteiger partial charge is 0.355 e. The van der Waals surface area contributed by atoms with E-state index in [9.17, 15) is 0 Å². The number of nitrogens with one attached hydrogen (secondary N) is 2. The van der Waals surface area contributed by atoms with Crippen LogP contribution < -0.4 is 16.6 Å². The third-order valence-corrected chi connectivity index (χ3v) is 1.91. The van der Waals surface area contributed by atoms with Gasteiger partial charge in [0.1, 0.15) is 6.54 Å². The molecule has 16 heavy (non-hydrogen) atoms. The van der Waals surface area contributed by atoms with Crippen molar-refractivity contribution in [3.8, 4) is 0 Å². The Kier molecular flexibility index (Phi) is 5.27. The van der Waals surface area contributed by atoms with Gasteiger partial charge in [-0.2, -0.15) is 4.98 Å². The van der Waals surface area contributed by atoms with E-state index in [1.54, 1.807) is 6.92 Å². The Morgan fingerprint density at radius 3 is 2.94 bits per heavy atom. The van der Waals surface area contributed by atoms with Crippen molar-refractivity contribution >= 4 is 5.96 Å². The molecule has 0 saturated carbocycles. The van der Waals surface area contributed by atoms with Crippen LogP contribution in [0, 0.1) is 6.92 Å². The van der Waals surface area contributed by atoms with Crippen molar-refractivity contribution in [3.05, 3.63) is 11.7 Å². The Labute approximate surface area is 94.5 Å². The number of rotatable bonds is 5. The van der Waals surface area contributed by atoms with Crippen molar-refractivity contribution in [1.29, 1.82) is 0 Å². The zero-order valence-corrected chi connectivity index (χ0v) is 9.66. The Balaban J connectivity index is 2.40. The molecule has 0 aliphatic carbocycles. The van der Waals surface area contributed by atoms with Gasteiger partial charge in [0.25, 0.3) is 0 Å². The third kappa shape index (κ3) is 4.26. The highest BCUT2D eigenvalue weighted by atomic mass is 16.5. The molecule has 0 aliphatic rings. The van der Waals surface area contributed by atoms with E-state index in [1.165, 1.54) is 0 Å². The summed E-state index contributed by atoms with van der Waals surface area (Å²) in [7, 11) is 0. The lowest BCUT2D eigenvalue weighted by Crippen LogP contribution is -2.42. The molecule has 0 unspecified atom stereocenters. The number of nitrogens with two attached hydrogens (primary N) is 1. The van der Waals surface area contributed by atoms with Gasteiger partial charge >= 0.3 is 0 Å². The van der Waals surface area contributed by atoms with Crippen molar-refractivity contribution in [3.63, 3.8) is 0 Å². The fraction of sp³-hybridized carbons (Fsp3) is 0.667. The number of aryl methyl sites for hydroxylation is 1. The molecule has 1 rings (SSSR count). The minimum absolute atomic E-state index is 0.343. The second-order valence-corrected chi connectivity index (χ2v) is 3.32. The molecule has 7 heteroatoms. The molecule has 0 atom stereocenters. The lowest BCUT2D eigenvalue weighted by molar-refractivity contribution is 0.387. The summed E-state index contributed by atoms with van der Waals surface area (Å²) in [4.78, 5) is 8.21. The topological polar surface area (TPSA) is 101 Å². The number of hydrazine groups is 1. The lowest BCUT2D eigenvalue weighted by Gasteiger charge is -2.07. The molecule has 0 saturated heterocycles. The van der Waals surface area contributed by atoms with E-state index in [2.05, 4.69) is 32.8 Å². The third-order valence-electron chi connectivity index (χ3n) is 1.91. The second-order valence-electron chi connectivity index (χ2n) is 3.32. The molecule has 90 valence electrons. The SMILES string of the molecule is CCCCNC(=NCc1noc(C)n1)NN. The van der Waals surface area contributed by atoms with Gasteiger partial charge in [0.15, 0.2) is 5.82 Å². The molecule has 0 aromatic carbocycles. The molecule has 1 heterocycles. The number of aromatic nitrogens is 2. The summed E-state index contributed by atoms with van der Waals surface area (Å²) in [6.45, 7) is 5.04. The summed E-state index contributed by atoms with van der Waals surface area (Å²) in [6, 6.07) is 0. The van der Waals surface area contributed by atoms with Crippen LogP contribution in [0.3, 0.4) is 0 Å². The van der Waals surface area contributed by atoms with E-state index in [0.717, 1.165) is 19.4 Å². The van der Waals surface area contributed by atoms with Crippen LogP contribution in [0.2, 0.25) is 0 Å². The Hall–Kier alpha value is -1.63. The van der Waals surface area contributed by atoms with Crippen LogP contribution in [-0.4, -0.2) is 22.6 Å². The van der Waals surface area contributed by atoms with Crippen molar-refractivity contribution in [2.75, 3.05) is 6.54 Å². The van der Waals surface area contributed by atoms with E-state index < -0.39 is 0 Å². The zero-order chi connectivity index (χ0) is 11.8. The van der Waals surface area contributed by atoms with Gasteiger partial charge in [-0.05, 0) is 6.42 Å². The Bertz CT molecular complexity index is 334. The summed E-state index contributed by atoms with van der Waals surface area (Å²) in [5, 5.41) is 6.80. The minimum atomic E-state index is 0.343. The number of nitrogens with zero attached hydrogens (tertiary/aromatic N) is 3. The molecule has 0 fully saturated rings. The van der Waals surface area contributed by atoms with E-state index >= 15 is 0 Å². The van der Waals surface area contributed by atoms with Crippen molar-refractivity contribution in [1.82, 2.24) is 20.9 Å². The molecular formula is C9H18N6O. The first-order valence-corrected chi connectivity index (χ1v) is 5.30. The molecule has 4 N–H and O–H groups in total. The predicted octanol–water partition coefficient (Wildman–Crippen LogP) is 0.0870. The molecule has 0 amide bonds. The van der Waals surface area contributed by atoms with Crippen LogP contribution >= 0.6 is 0 Å². The average Bonchev–Trinajstić information content (AvgIpc) is 2.69. The summed E-state index contributed by atoms with van der Waals surface area (Å²) in [5.41, 5.74) is 2.49. The fourth-order valence-corrected chi connectivity index (χ4v) is 1.09. The van der Waals surface area contributed by atoms with E-state index in [0.29, 0.717) is 24.2 Å². The molecule has 0 bridgehead atoms. The van der Waals surface area contributed by atoms with Crippen molar-refractivity contribution < 1.29 is 4.52 Å². The summed E-state index contributed by atoms with van der Waals surface area (Å²) < 4.78 is 4.83. The fourth-order valence-electron chi connectivity index (χ4n) is 1.09. The zero-order valence-electron chi connectivity index (χ0n) is 9.66. The van der Waals surface area contributed by atoms with Gasteiger partial charge in [0, 0.05) is 13.5 Å². The highest BCUT2D eigenvalue weighted by Gasteiger charge is 2.01. The molecule has 1 aromatic rings. The summed E-state index contributed by atoms with van der Waals surface area (Å²) >= 11 is 0. The van der Waals surface area contributed by atoms with Crippen LogP contribution in [0.1, 0.15) is 31.5 Å². The van der Waals surface area contributed by atoms with Crippen LogP contribution in [0.25, 0.3) is 0 Å². The van der Waals surface area contributed by atoms with E-state index in [-0.39, 0.29) is 0 Å². The maximum absolute atomic E-state index is 5.32. The van der Waals surface area contributed by atoms with Crippen LogP contribution in [-0.2, 0) is 6.54 Å². The van der Waals surface area contributed by atoms with Gasteiger partial charge in [-0.15, -0.1) is 0 Å². The smallest absolute Gasteiger partial charge is 0.223 e. The standard InChI is InChI=1S/C9H18N6O/c1-3-4-5-11-9(14-10)12-6-8-13-7(2)16-15-8/h3-6,10H2,1-2H3,(H2,11,12,14). The first kappa shape index (κ1) is 12.4. The van der Waals surface area contributed by atoms with Crippen molar-refractivity contribution in [2.45, 2.75) is 33.2 Å². The molecule has 0 aliphatic heterocycles. The minimum Gasteiger partial charge on any atom is -0.355 e. The van der Waals surface area contributed by atoms with E-state index in [1.807, 2.05) is 0 Å². The summed E-state index contributed by atoms with van der Waals surface area (Å²) in [6.07, 6.45) is 2.19. The van der Waals surface area contributed by atoms with Gasteiger partial charge in [-0.3, -0.25) is 5.43 Å². The van der Waals surface area contributed by atoms with Gasteiger partial charge in [-0.1, -0.05) is 18.5 Å². The number of hydrogen-bond acceptors (Lipinski definition) is 5. The van der Waals surface area contributed by atoms with E-state index in [4.69, 9.17) is 10.4 Å². The van der Waals surface area contributed by atoms with Crippen molar-refractivity contribution in [2.24, 2.45) is 10.8 Å².